The number of para-hydroxylation sites is 1. The van der Waals surface area contributed by atoms with Crippen molar-refractivity contribution in [2.45, 2.75) is 122 Å². The van der Waals surface area contributed by atoms with Crippen LogP contribution >= 0.6 is 0 Å². The Labute approximate surface area is 299 Å². The van der Waals surface area contributed by atoms with Crippen LogP contribution in [-0.4, -0.2) is 99.8 Å². The van der Waals surface area contributed by atoms with Crippen LogP contribution in [0.3, 0.4) is 0 Å². The molecule has 4 rings (SSSR count). The monoisotopic (exact) mass is 709 g/mol. The fourth-order valence-electron chi connectivity index (χ4n) is 6.64. The number of hydrogen-bond donors (Lipinski definition) is 7. The van der Waals surface area contributed by atoms with Gasteiger partial charge in [-0.25, -0.2) is 0 Å². The summed E-state index contributed by atoms with van der Waals surface area (Å²) in [6, 6.07) is 2.47. The number of aromatic nitrogens is 1. The maximum absolute atomic E-state index is 14.1. The molecule has 6 amide bonds. The predicted octanol–water partition coefficient (Wildman–Crippen LogP) is 1.41. The van der Waals surface area contributed by atoms with Crippen LogP contribution in [0.25, 0.3) is 10.9 Å². The van der Waals surface area contributed by atoms with E-state index < -0.39 is 65.8 Å². The van der Waals surface area contributed by atoms with Crippen molar-refractivity contribution in [1.29, 1.82) is 0 Å². The first-order valence-electron chi connectivity index (χ1n) is 18.2. The van der Waals surface area contributed by atoms with Crippen molar-refractivity contribution in [3.05, 3.63) is 36.0 Å². The van der Waals surface area contributed by atoms with E-state index in [1.165, 1.54) is 11.8 Å². The zero-order valence-electron chi connectivity index (χ0n) is 30.4. The van der Waals surface area contributed by atoms with Crippen LogP contribution < -0.4 is 26.6 Å². The van der Waals surface area contributed by atoms with Gasteiger partial charge >= 0.3 is 0 Å². The molecule has 51 heavy (non-hydrogen) atoms. The van der Waals surface area contributed by atoms with Gasteiger partial charge in [0.25, 0.3) is 0 Å². The fraction of sp³-hybridized carbons (Fsp3) is 0.622. The lowest BCUT2D eigenvalue weighted by Gasteiger charge is -2.30. The quantitative estimate of drug-likeness (QED) is 0.215. The summed E-state index contributed by atoms with van der Waals surface area (Å²) in [5.41, 5.74) is 1.61. The average molecular weight is 710 g/mol. The first-order chi connectivity index (χ1) is 24.2. The molecule has 1 aromatic carbocycles. The number of H-pyrrole nitrogens is 1. The zero-order valence-corrected chi connectivity index (χ0v) is 30.4. The van der Waals surface area contributed by atoms with Gasteiger partial charge in [0, 0.05) is 49.5 Å². The highest BCUT2D eigenvalue weighted by Gasteiger charge is 2.42. The van der Waals surface area contributed by atoms with Gasteiger partial charge in [-0.1, -0.05) is 45.9 Å². The number of nitrogens with one attached hydrogen (secondary N) is 6. The molecule has 0 saturated carbocycles. The van der Waals surface area contributed by atoms with Crippen molar-refractivity contribution >= 4 is 46.3 Å². The predicted molar refractivity (Wildman–Crippen MR) is 192 cm³/mol. The third-order valence-corrected chi connectivity index (χ3v) is 9.49. The second kappa shape index (κ2) is 18.2. The highest BCUT2D eigenvalue weighted by Crippen LogP contribution is 2.23. The molecule has 0 unspecified atom stereocenters. The molecule has 7 N–H and O–H groups in total. The van der Waals surface area contributed by atoms with Crippen LogP contribution in [0.1, 0.15) is 85.1 Å². The number of hydrogen-bond acceptors (Lipinski definition) is 7. The van der Waals surface area contributed by atoms with Crippen LogP contribution in [0.4, 0.5) is 0 Å². The number of aliphatic hydroxyl groups excluding tert-OH is 1. The van der Waals surface area contributed by atoms with E-state index in [-0.39, 0.29) is 57.0 Å². The summed E-state index contributed by atoms with van der Waals surface area (Å²) in [6.45, 7) is 9.53. The first kappa shape index (κ1) is 39.3. The van der Waals surface area contributed by atoms with Crippen molar-refractivity contribution < 1.29 is 33.9 Å². The summed E-state index contributed by atoms with van der Waals surface area (Å²) in [7, 11) is 0. The molecule has 2 fully saturated rings. The third kappa shape index (κ3) is 11.0. The van der Waals surface area contributed by atoms with E-state index in [2.05, 4.69) is 31.6 Å². The van der Waals surface area contributed by atoms with Gasteiger partial charge in [0.15, 0.2) is 0 Å². The molecular weight excluding hydrogens is 654 g/mol. The van der Waals surface area contributed by atoms with Gasteiger partial charge in [0.1, 0.15) is 30.2 Å². The molecule has 14 nitrogen and oxygen atoms in total. The molecule has 2 aliphatic heterocycles. The van der Waals surface area contributed by atoms with Crippen molar-refractivity contribution in [3.8, 4) is 0 Å². The molecular formula is C37H55N7O7. The number of aliphatic hydroxyl groups is 1. The number of benzene rings is 1. The van der Waals surface area contributed by atoms with Gasteiger partial charge in [0.05, 0.1) is 6.10 Å². The van der Waals surface area contributed by atoms with Crippen molar-refractivity contribution in [1.82, 2.24) is 36.5 Å². The first-order valence-corrected chi connectivity index (χ1v) is 18.2. The molecule has 0 spiro atoms. The summed E-state index contributed by atoms with van der Waals surface area (Å²) in [4.78, 5) is 85.9. The van der Waals surface area contributed by atoms with E-state index >= 15 is 0 Å². The summed E-state index contributed by atoms with van der Waals surface area (Å²) < 4.78 is 0. The Hall–Kier alpha value is -4.46. The number of carbonyl (C=O) groups excluding carboxylic acids is 6. The number of nitrogens with zero attached hydrogens (tertiary/aromatic N) is 1. The second-order valence-electron chi connectivity index (χ2n) is 14.8. The van der Waals surface area contributed by atoms with Gasteiger partial charge in [-0.05, 0) is 62.5 Å². The maximum atomic E-state index is 14.1. The highest BCUT2D eigenvalue weighted by molar-refractivity contribution is 5.97. The van der Waals surface area contributed by atoms with Gasteiger partial charge in [-0.15, -0.1) is 0 Å². The number of carbonyl (C=O) groups is 6. The molecule has 6 atom stereocenters. The summed E-state index contributed by atoms with van der Waals surface area (Å²) in [6.07, 6.45) is 3.37. The lowest BCUT2D eigenvalue weighted by atomic mass is 10.00. The Balaban J connectivity index is 1.65. The van der Waals surface area contributed by atoms with Crippen molar-refractivity contribution in [2.24, 2.45) is 11.8 Å². The van der Waals surface area contributed by atoms with E-state index in [0.717, 1.165) is 16.5 Å². The van der Waals surface area contributed by atoms with E-state index in [1.54, 1.807) is 6.20 Å². The Morgan fingerprint density at radius 3 is 2.37 bits per heavy atom. The SMILES string of the molecule is CC(C)CCC(=O)N[C@H]1CCCCNC(=O)[C@@H]2C[C@@H](O)CN2C(=O)[C@@H](CC(C)C)NC(=O)[C@H](Cc2c[nH]c3ccccc23)NC(=O)[C@@H](C)NC1=O. The van der Waals surface area contributed by atoms with E-state index in [4.69, 9.17) is 0 Å². The minimum Gasteiger partial charge on any atom is -0.391 e. The molecule has 2 aliphatic rings. The largest absolute Gasteiger partial charge is 0.391 e. The Morgan fingerprint density at radius 2 is 1.65 bits per heavy atom. The topological polar surface area (TPSA) is 202 Å². The molecule has 1 aromatic heterocycles. The maximum Gasteiger partial charge on any atom is 0.245 e. The number of rotatable bonds is 8. The molecule has 280 valence electrons. The number of aromatic amines is 1. The van der Waals surface area contributed by atoms with E-state index in [9.17, 15) is 33.9 Å². The number of fused-ring (bicyclic) bond motifs is 2. The standard InChI is InChI=1S/C37H55N7O7/c1-21(2)13-14-32(46)41-28-12-8-9-15-38-36(50)31-18-25(45)20-44(31)37(51)30(16-22(3)4)43-35(49)29(42-33(47)23(5)40-34(28)48)17-24-19-39-27-11-7-6-10-26(24)27/h6-7,10-11,19,21-23,25,28-31,39,45H,8-9,12-18,20H2,1-5H3,(H,38,50)(H,40,48)(H,41,46)(H,42,47)(H,43,49)/t23-,25-,28+,29+,30-,31+/m1/s1. The van der Waals surface area contributed by atoms with Crippen LogP contribution in [0.2, 0.25) is 0 Å². The molecule has 2 saturated heterocycles. The minimum absolute atomic E-state index is 0.0173. The van der Waals surface area contributed by atoms with E-state index in [1.807, 2.05) is 52.0 Å². The zero-order chi connectivity index (χ0) is 37.2. The summed E-state index contributed by atoms with van der Waals surface area (Å²) in [5.74, 6) is -2.65. The fourth-order valence-corrected chi connectivity index (χ4v) is 6.64. The van der Waals surface area contributed by atoms with E-state index in [0.29, 0.717) is 25.2 Å². The molecule has 0 aliphatic carbocycles. The van der Waals surface area contributed by atoms with Gasteiger partial charge in [0.2, 0.25) is 35.4 Å². The van der Waals surface area contributed by atoms with Gasteiger partial charge in [-0.3, -0.25) is 28.8 Å². The van der Waals surface area contributed by atoms with Gasteiger partial charge < -0.3 is 41.6 Å². The number of amides is 6. The van der Waals surface area contributed by atoms with Crippen LogP contribution in [0.15, 0.2) is 30.5 Å². The minimum atomic E-state index is -1.14. The summed E-state index contributed by atoms with van der Waals surface area (Å²) in [5, 5.41) is 25.4. The molecule has 2 aromatic rings. The lowest BCUT2D eigenvalue weighted by molar-refractivity contribution is -0.142. The lowest BCUT2D eigenvalue weighted by Crippen LogP contribution is -2.59. The average Bonchev–Trinajstić information content (AvgIpc) is 3.68. The van der Waals surface area contributed by atoms with Crippen LogP contribution in [-0.2, 0) is 35.2 Å². The van der Waals surface area contributed by atoms with Crippen molar-refractivity contribution in [3.63, 3.8) is 0 Å². The van der Waals surface area contributed by atoms with Crippen LogP contribution in [0.5, 0.6) is 0 Å². The molecule has 14 heteroatoms. The molecule has 0 bridgehead atoms. The van der Waals surface area contributed by atoms with Crippen LogP contribution in [0, 0.1) is 11.8 Å². The third-order valence-electron chi connectivity index (χ3n) is 9.49. The highest BCUT2D eigenvalue weighted by atomic mass is 16.3. The normalized spacial score (nSPS) is 26.1. The molecule has 0 radical (unpaired) electrons. The Bertz CT molecular complexity index is 1560. The Morgan fingerprint density at radius 1 is 0.922 bits per heavy atom. The summed E-state index contributed by atoms with van der Waals surface area (Å²) >= 11 is 0. The van der Waals surface area contributed by atoms with Gasteiger partial charge in [-0.2, -0.15) is 0 Å². The Kier molecular flexibility index (Phi) is 14.0. The molecule has 3 heterocycles. The smallest absolute Gasteiger partial charge is 0.245 e. The van der Waals surface area contributed by atoms with Crippen molar-refractivity contribution in [2.75, 3.05) is 13.1 Å². The second-order valence-corrected chi connectivity index (χ2v) is 14.8.